The Morgan fingerprint density at radius 3 is 2.86 bits per heavy atom. The molecule has 1 saturated heterocycles. The molecule has 0 amide bonds. The van der Waals surface area contributed by atoms with Gasteiger partial charge in [-0.25, -0.2) is 0 Å². The molecule has 1 aliphatic heterocycles. The summed E-state index contributed by atoms with van der Waals surface area (Å²) in [7, 11) is 0. The molecule has 2 unspecified atom stereocenters. The van der Waals surface area contributed by atoms with Crippen LogP contribution in [0.5, 0.6) is 5.75 Å². The van der Waals surface area contributed by atoms with Crippen LogP contribution in [-0.4, -0.2) is 11.7 Å². The zero-order valence-electron chi connectivity index (χ0n) is 7.77. The Labute approximate surface area is 83.0 Å². The second-order valence-corrected chi connectivity index (χ2v) is 3.58. The van der Waals surface area contributed by atoms with Crippen molar-refractivity contribution >= 4 is 0 Å². The van der Waals surface area contributed by atoms with Crippen LogP contribution in [-0.2, 0) is 0 Å². The Morgan fingerprint density at radius 2 is 2.21 bits per heavy atom. The fraction of sp³-hybridized carbons (Fsp3) is 0.364. The van der Waals surface area contributed by atoms with Gasteiger partial charge in [-0.3, -0.25) is 0 Å². The van der Waals surface area contributed by atoms with Crippen LogP contribution in [0.15, 0.2) is 24.3 Å². The van der Waals surface area contributed by atoms with E-state index in [9.17, 15) is 5.11 Å². The SMILES string of the molecule is N#CC1CNC(c2ccccc2O)C1. The minimum Gasteiger partial charge on any atom is -0.508 e. The number of aromatic hydroxyl groups is 1. The smallest absolute Gasteiger partial charge is 0.120 e. The Morgan fingerprint density at radius 1 is 1.43 bits per heavy atom. The fourth-order valence-electron chi connectivity index (χ4n) is 1.85. The van der Waals surface area contributed by atoms with Gasteiger partial charge in [0.1, 0.15) is 5.75 Å². The molecule has 0 bridgehead atoms. The molecule has 2 rings (SSSR count). The van der Waals surface area contributed by atoms with Gasteiger partial charge in [0.15, 0.2) is 0 Å². The maximum Gasteiger partial charge on any atom is 0.120 e. The van der Waals surface area contributed by atoms with Gasteiger partial charge in [-0.05, 0) is 12.5 Å². The summed E-state index contributed by atoms with van der Waals surface area (Å²) in [6.07, 6.45) is 0.786. The Balaban J connectivity index is 2.18. The minimum atomic E-state index is 0.0691. The van der Waals surface area contributed by atoms with Crippen LogP contribution in [0.4, 0.5) is 0 Å². The van der Waals surface area contributed by atoms with Crippen molar-refractivity contribution < 1.29 is 5.11 Å². The van der Waals surface area contributed by atoms with Crippen molar-refractivity contribution in [3.05, 3.63) is 29.8 Å². The van der Waals surface area contributed by atoms with Gasteiger partial charge in [-0.15, -0.1) is 0 Å². The number of phenols is 1. The molecule has 0 radical (unpaired) electrons. The summed E-state index contributed by atoms with van der Waals surface area (Å²) in [5.74, 6) is 0.378. The van der Waals surface area contributed by atoms with Crippen molar-refractivity contribution in [1.82, 2.24) is 5.32 Å². The highest BCUT2D eigenvalue weighted by atomic mass is 16.3. The second kappa shape index (κ2) is 3.69. The summed E-state index contributed by atoms with van der Waals surface area (Å²) in [6, 6.07) is 9.64. The average molecular weight is 188 g/mol. The average Bonchev–Trinajstić information content (AvgIpc) is 2.67. The monoisotopic (exact) mass is 188 g/mol. The molecule has 1 fully saturated rings. The topological polar surface area (TPSA) is 56.0 Å². The van der Waals surface area contributed by atoms with Gasteiger partial charge in [0.05, 0.1) is 12.0 Å². The van der Waals surface area contributed by atoms with E-state index >= 15 is 0 Å². The van der Waals surface area contributed by atoms with E-state index in [1.165, 1.54) is 0 Å². The summed E-state index contributed by atoms with van der Waals surface area (Å²) >= 11 is 0. The molecule has 2 N–H and O–H groups in total. The van der Waals surface area contributed by atoms with Crippen molar-refractivity contribution in [2.45, 2.75) is 12.5 Å². The van der Waals surface area contributed by atoms with Crippen LogP contribution in [0.25, 0.3) is 0 Å². The highest BCUT2D eigenvalue weighted by molar-refractivity contribution is 5.35. The molecule has 2 atom stereocenters. The predicted octanol–water partition coefficient (Wildman–Crippen LogP) is 1.57. The lowest BCUT2D eigenvalue weighted by Gasteiger charge is -2.11. The molecule has 14 heavy (non-hydrogen) atoms. The first-order valence-electron chi connectivity index (χ1n) is 4.72. The molecule has 1 aliphatic rings. The molecule has 0 aliphatic carbocycles. The van der Waals surface area contributed by atoms with E-state index in [4.69, 9.17) is 5.26 Å². The van der Waals surface area contributed by atoms with Gasteiger partial charge in [0, 0.05) is 18.2 Å². The summed E-state index contributed by atoms with van der Waals surface area (Å²) in [6.45, 7) is 0.718. The number of para-hydroxylation sites is 1. The van der Waals surface area contributed by atoms with Crippen molar-refractivity contribution in [3.63, 3.8) is 0 Å². The van der Waals surface area contributed by atoms with Gasteiger partial charge in [-0.1, -0.05) is 18.2 Å². The Hall–Kier alpha value is -1.53. The molecule has 0 aromatic heterocycles. The highest BCUT2D eigenvalue weighted by Gasteiger charge is 2.26. The fourth-order valence-corrected chi connectivity index (χ4v) is 1.85. The van der Waals surface area contributed by atoms with Crippen molar-refractivity contribution in [3.8, 4) is 11.8 Å². The molecule has 0 spiro atoms. The van der Waals surface area contributed by atoms with Crippen LogP contribution >= 0.6 is 0 Å². The number of hydrogen-bond donors (Lipinski definition) is 2. The standard InChI is InChI=1S/C11H12N2O/c12-6-8-5-10(13-7-8)9-3-1-2-4-11(9)14/h1-4,8,10,13-14H,5,7H2. The van der Waals surface area contributed by atoms with Crippen molar-refractivity contribution in [2.75, 3.05) is 6.54 Å². The normalized spacial score (nSPS) is 25.9. The number of benzene rings is 1. The lowest BCUT2D eigenvalue weighted by atomic mass is 10.0. The molecular formula is C11H12N2O. The Kier molecular flexibility index (Phi) is 2.38. The van der Waals surface area contributed by atoms with Gasteiger partial charge in [-0.2, -0.15) is 5.26 Å². The van der Waals surface area contributed by atoms with E-state index in [2.05, 4.69) is 11.4 Å². The zero-order valence-corrected chi connectivity index (χ0v) is 7.77. The third-order valence-electron chi connectivity index (χ3n) is 2.63. The number of nitrogens with one attached hydrogen (secondary N) is 1. The van der Waals surface area contributed by atoms with Crippen LogP contribution in [0.2, 0.25) is 0 Å². The first kappa shape index (κ1) is 9.04. The summed E-state index contributed by atoms with van der Waals surface area (Å²) in [5.41, 5.74) is 0.894. The van der Waals surface area contributed by atoms with Crippen LogP contribution in [0.1, 0.15) is 18.0 Å². The van der Waals surface area contributed by atoms with Gasteiger partial charge < -0.3 is 10.4 Å². The quantitative estimate of drug-likeness (QED) is 0.703. The highest BCUT2D eigenvalue weighted by Crippen LogP contribution is 2.31. The maximum absolute atomic E-state index is 9.61. The van der Waals surface area contributed by atoms with Crippen LogP contribution in [0, 0.1) is 17.2 Å². The van der Waals surface area contributed by atoms with E-state index in [0.717, 1.165) is 18.5 Å². The number of hydrogen-bond acceptors (Lipinski definition) is 3. The maximum atomic E-state index is 9.61. The molecule has 3 heteroatoms. The first-order valence-corrected chi connectivity index (χ1v) is 4.72. The van der Waals surface area contributed by atoms with Crippen LogP contribution in [0.3, 0.4) is 0 Å². The van der Waals surface area contributed by atoms with Gasteiger partial charge >= 0.3 is 0 Å². The number of nitriles is 1. The molecule has 1 aromatic rings. The molecule has 1 aromatic carbocycles. The van der Waals surface area contributed by atoms with Crippen molar-refractivity contribution in [2.24, 2.45) is 5.92 Å². The molecule has 0 saturated carbocycles. The summed E-state index contributed by atoms with van der Waals surface area (Å²) in [4.78, 5) is 0. The number of phenolic OH excluding ortho intramolecular Hbond substituents is 1. The van der Waals surface area contributed by atoms with Gasteiger partial charge in [0.2, 0.25) is 0 Å². The molecule has 1 heterocycles. The van der Waals surface area contributed by atoms with E-state index in [-0.39, 0.29) is 12.0 Å². The third-order valence-corrected chi connectivity index (χ3v) is 2.63. The number of nitrogens with zero attached hydrogens (tertiary/aromatic N) is 1. The lowest BCUT2D eigenvalue weighted by molar-refractivity contribution is 0.456. The van der Waals surface area contributed by atoms with E-state index in [1.807, 2.05) is 12.1 Å². The summed E-state index contributed by atoms with van der Waals surface area (Å²) in [5, 5.41) is 21.6. The number of rotatable bonds is 1. The summed E-state index contributed by atoms with van der Waals surface area (Å²) < 4.78 is 0. The minimum absolute atomic E-state index is 0.0691. The zero-order chi connectivity index (χ0) is 9.97. The molecule has 3 nitrogen and oxygen atoms in total. The third kappa shape index (κ3) is 1.57. The second-order valence-electron chi connectivity index (χ2n) is 3.58. The first-order chi connectivity index (χ1) is 6.81. The molecular weight excluding hydrogens is 176 g/mol. The van der Waals surface area contributed by atoms with E-state index in [1.54, 1.807) is 12.1 Å². The van der Waals surface area contributed by atoms with Gasteiger partial charge in [0.25, 0.3) is 0 Å². The Bertz CT molecular complexity index is 370. The predicted molar refractivity (Wildman–Crippen MR) is 52.6 cm³/mol. The lowest BCUT2D eigenvalue weighted by Crippen LogP contribution is -2.13. The van der Waals surface area contributed by atoms with Crippen molar-refractivity contribution in [1.29, 1.82) is 5.26 Å². The largest absolute Gasteiger partial charge is 0.508 e. The molecule has 72 valence electrons. The van der Waals surface area contributed by atoms with Crippen LogP contribution < -0.4 is 5.32 Å². The van der Waals surface area contributed by atoms with E-state index in [0.29, 0.717) is 5.75 Å². The van der Waals surface area contributed by atoms with E-state index < -0.39 is 0 Å².